The normalized spacial score (nSPS) is 13.8. The largest absolute Gasteiger partial charge is 0.294 e. The first-order chi connectivity index (χ1) is 20.1. The zero-order chi connectivity index (χ0) is 29.2. The van der Waals surface area contributed by atoms with Gasteiger partial charge in [-0.1, -0.05) is 78.1 Å². The molecule has 0 aliphatic carbocycles. The van der Waals surface area contributed by atoms with Crippen LogP contribution < -0.4 is 20.5 Å². The average molecular weight is 569 g/mol. The molecule has 210 valence electrons. The summed E-state index contributed by atoms with van der Waals surface area (Å²) in [6.07, 6.45) is 1.90. The Morgan fingerprint density at radius 3 is 2.19 bits per heavy atom. The summed E-state index contributed by atoms with van der Waals surface area (Å²) in [7, 11) is -2.11. The molecule has 0 radical (unpaired) electrons. The zero-order valence-electron chi connectivity index (χ0n) is 25.1. The lowest BCUT2D eigenvalue weighted by Crippen LogP contribution is -2.53. The van der Waals surface area contributed by atoms with E-state index in [1.165, 1.54) is 37.7 Å². The third kappa shape index (κ3) is 4.21. The Hall–Kier alpha value is -4.39. The fourth-order valence-electron chi connectivity index (χ4n) is 6.08. The molecule has 0 saturated carbocycles. The monoisotopic (exact) mass is 568 g/mol. The molecular formula is C36H36N4OSi. The summed E-state index contributed by atoms with van der Waals surface area (Å²) in [5, 5.41) is 9.20. The highest BCUT2D eigenvalue weighted by molar-refractivity contribution is 7.00. The van der Waals surface area contributed by atoms with Gasteiger partial charge in [0, 0.05) is 17.0 Å². The van der Waals surface area contributed by atoms with E-state index in [1.54, 1.807) is 0 Å². The maximum absolute atomic E-state index is 6.49. The number of para-hydroxylation sites is 3. The van der Waals surface area contributed by atoms with E-state index in [4.69, 9.17) is 9.92 Å². The first-order valence-electron chi connectivity index (χ1n) is 14.6. The van der Waals surface area contributed by atoms with Crippen LogP contribution in [0.5, 0.6) is 0 Å². The van der Waals surface area contributed by atoms with Gasteiger partial charge in [-0.3, -0.25) is 4.57 Å². The number of pyridine rings is 1. The minimum Gasteiger partial charge on any atom is -0.294 e. The van der Waals surface area contributed by atoms with Crippen molar-refractivity contribution in [3.8, 4) is 5.82 Å². The third-order valence-electron chi connectivity index (χ3n) is 8.42. The van der Waals surface area contributed by atoms with E-state index in [2.05, 4.69) is 148 Å². The molecule has 0 saturated heterocycles. The van der Waals surface area contributed by atoms with Crippen LogP contribution in [0, 0.1) is 6.92 Å². The second-order valence-electron chi connectivity index (χ2n) is 12.8. The first kappa shape index (κ1) is 26.5. The van der Waals surface area contributed by atoms with Crippen molar-refractivity contribution in [1.82, 2.24) is 9.55 Å². The zero-order valence-corrected chi connectivity index (χ0v) is 26.1. The maximum Gasteiger partial charge on any atom is 0.137 e. The topological polar surface area (TPSA) is 33.5 Å². The summed E-state index contributed by atoms with van der Waals surface area (Å²) in [4.78, 5) is 11.3. The predicted octanol–water partition coefficient (Wildman–Crippen LogP) is 7.91. The second kappa shape index (κ2) is 9.58. The van der Waals surface area contributed by atoms with Crippen LogP contribution in [0.25, 0.3) is 27.6 Å². The summed E-state index contributed by atoms with van der Waals surface area (Å²) in [6.45, 7) is 13.5. The molecule has 0 atom stereocenters. The Labute approximate surface area is 248 Å². The second-order valence-corrected chi connectivity index (χ2v) is 17.2. The molecule has 0 bridgehead atoms. The van der Waals surface area contributed by atoms with Crippen LogP contribution in [-0.2, 0) is 4.94 Å². The smallest absolute Gasteiger partial charge is 0.137 e. The molecule has 1 aliphatic heterocycles. The van der Waals surface area contributed by atoms with Crippen LogP contribution in [0.3, 0.4) is 0 Å². The fourth-order valence-corrected chi connectivity index (χ4v) is 8.44. The van der Waals surface area contributed by atoms with E-state index in [0.717, 1.165) is 22.9 Å². The maximum atomic E-state index is 6.49. The molecule has 0 N–H and O–H groups in total. The lowest BCUT2D eigenvalue weighted by atomic mass is 10.1. The highest BCUT2D eigenvalue weighted by Crippen LogP contribution is 2.44. The van der Waals surface area contributed by atoms with E-state index in [1.807, 2.05) is 16.3 Å². The summed E-state index contributed by atoms with van der Waals surface area (Å²) in [5.74, 6) is 0.952. The van der Waals surface area contributed by atoms with Crippen molar-refractivity contribution in [2.45, 2.75) is 46.3 Å². The van der Waals surface area contributed by atoms with Crippen LogP contribution in [0.1, 0.15) is 26.3 Å². The number of anilines is 3. The number of hydrogen-bond acceptors (Lipinski definition) is 4. The molecule has 42 heavy (non-hydrogen) atoms. The first-order valence-corrected chi connectivity index (χ1v) is 17.6. The summed E-state index contributed by atoms with van der Waals surface area (Å²) >= 11 is 0. The number of fused-ring (bicyclic) bond motifs is 4. The number of hydrogen-bond donors (Lipinski definition) is 0. The molecule has 0 amide bonds. The number of aryl methyl sites for hydroxylation is 1. The summed E-state index contributed by atoms with van der Waals surface area (Å²) < 4.78 is 2.32. The Kier molecular flexibility index (Phi) is 6.04. The minimum absolute atomic E-state index is 0.184. The third-order valence-corrected chi connectivity index (χ3v) is 11.9. The molecule has 6 heteroatoms. The predicted molar refractivity (Wildman–Crippen MR) is 178 cm³/mol. The van der Waals surface area contributed by atoms with Crippen molar-refractivity contribution in [3.63, 3.8) is 0 Å². The SMILES string of the molecule is Cc1ccnc(-n2c3ccccc3c3ccc([Si](C)(C)c4cccc(N5ON(C(C)(C)C)c6ccccc65)c4)cc32)c1. The van der Waals surface area contributed by atoms with Gasteiger partial charge in [0.05, 0.1) is 33.6 Å². The van der Waals surface area contributed by atoms with Gasteiger partial charge < -0.3 is 0 Å². The van der Waals surface area contributed by atoms with Gasteiger partial charge in [-0.15, -0.1) is 4.94 Å². The molecule has 5 nitrogen and oxygen atoms in total. The number of benzene rings is 4. The van der Waals surface area contributed by atoms with Crippen molar-refractivity contribution in [2.75, 3.05) is 10.1 Å². The van der Waals surface area contributed by atoms with Gasteiger partial charge in [0.2, 0.25) is 0 Å². The van der Waals surface area contributed by atoms with Crippen molar-refractivity contribution in [1.29, 1.82) is 0 Å². The van der Waals surface area contributed by atoms with Crippen molar-refractivity contribution >= 4 is 57.3 Å². The van der Waals surface area contributed by atoms with Crippen LogP contribution >= 0.6 is 0 Å². The Morgan fingerprint density at radius 1 is 0.690 bits per heavy atom. The van der Waals surface area contributed by atoms with Crippen LogP contribution in [0.2, 0.25) is 13.1 Å². The van der Waals surface area contributed by atoms with Crippen LogP contribution in [0.4, 0.5) is 17.1 Å². The minimum atomic E-state index is -2.11. The number of aromatic nitrogens is 2. The molecule has 3 heterocycles. The molecule has 0 spiro atoms. The van der Waals surface area contributed by atoms with Crippen molar-refractivity contribution < 1.29 is 4.94 Å². The van der Waals surface area contributed by atoms with E-state index >= 15 is 0 Å². The standard InChI is InChI=1S/C36H36N4OSi/c1-25-20-21-37-35(22-25)38-31-15-8-7-14-29(31)30-19-18-28(24-34(30)38)42(5,6)27-13-11-12-26(23-27)39-32-16-9-10-17-33(32)40(41-39)36(2,3)4/h7-24H,1-6H3. The van der Waals surface area contributed by atoms with Gasteiger partial charge in [0.25, 0.3) is 0 Å². The lowest BCUT2D eigenvalue weighted by Gasteiger charge is -2.32. The van der Waals surface area contributed by atoms with Gasteiger partial charge in [0.15, 0.2) is 0 Å². The van der Waals surface area contributed by atoms with Crippen LogP contribution in [-0.4, -0.2) is 23.2 Å². The molecule has 7 rings (SSSR count). The van der Waals surface area contributed by atoms with Crippen molar-refractivity contribution in [2.24, 2.45) is 0 Å². The molecule has 0 unspecified atom stereocenters. The summed E-state index contributed by atoms with van der Waals surface area (Å²) in [6, 6.07) is 37.2. The Bertz CT molecular complexity index is 1970. The van der Waals surface area contributed by atoms with E-state index in [0.29, 0.717) is 0 Å². The van der Waals surface area contributed by atoms with Gasteiger partial charge in [0.1, 0.15) is 13.9 Å². The number of hydroxylamine groups is 1. The molecular weight excluding hydrogens is 533 g/mol. The van der Waals surface area contributed by atoms with Gasteiger partial charge in [-0.2, -0.15) is 5.06 Å². The van der Waals surface area contributed by atoms with Crippen LogP contribution in [0.15, 0.2) is 109 Å². The number of nitrogens with zero attached hydrogens (tertiary/aromatic N) is 4. The van der Waals surface area contributed by atoms with Gasteiger partial charge in [-0.25, -0.2) is 10.0 Å². The molecule has 0 fully saturated rings. The highest BCUT2D eigenvalue weighted by Gasteiger charge is 2.36. The van der Waals surface area contributed by atoms with E-state index < -0.39 is 8.07 Å². The Morgan fingerprint density at radius 2 is 1.40 bits per heavy atom. The Balaban J connectivity index is 1.34. The van der Waals surface area contributed by atoms with E-state index in [9.17, 15) is 0 Å². The van der Waals surface area contributed by atoms with Crippen molar-refractivity contribution in [3.05, 3.63) is 115 Å². The van der Waals surface area contributed by atoms with Gasteiger partial charge >= 0.3 is 0 Å². The fraction of sp³-hybridized carbons (Fsp3) is 0.194. The number of rotatable bonds is 4. The molecule has 1 aliphatic rings. The molecule has 4 aromatic carbocycles. The lowest BCUT2D eigenvalue weighted by molar-refractivity contribution is 0.0843. The molecule has 2 aromatic heterocycles. The average Bonchev–Trinajstić information content (AvgIpc) is 3.54. The summed E-state index contributed by atoms with van der Waals surface area (Å²) in [5.41, 5.74) is 6.56. The quantitative estimate of drug-likeness (QED) is 0.202. The van der Waals surface area contributed by atoms with E-state index in [-0.39, 0.29) is 5.54 Å². The highest BCUT2D eigenvalue weighted by atomic mass is 28.3. The van der Waals surface area contributed by atoms with Gasteiger partial charge in [-0.05, 0) is 81.8 Å². The molecule has 6 aromatic rings.